The first kappa shape index (κ1) is 21.4. The summed E-state index contributed by atoms with van der Waals surface area (Å²) in [5.74, 6) is -0.230. The standard InChI is InChI=1S/C24H22F3N3O3/c1-30-19-11-17(5-3-14(19)13-28-22(30)32)29-21(31)9-15-12-23(7-2-8-23)33-20-10-16(24(25,26)27)4-6-18(15)20/h3-6,9-11H,2,7-8,12-13H2,1H3,(H,28,32)(H,29,31). The molecule has 3 amide bonds. The minimum Gasteiger partial charge on any atom is -0.486 e. The summed E-state index contributed by atoms with van der Waals surface area (Å²) >= 11 is 0. The van der Waals surface area contributed by atoms with Gasteiger partial charge in [-0.05, 0) is 54.7 Å². The largest absolute Gasteiger partial charge is 0.486 e. The molecule has 1 aliphatic carbocycles. The Morgan fingerprint density at radius 2 is 2.00 bits per heavy atom. The summed E-state index contributed by atoms with van der Waals surface area (Å²) in [6, 6.07) is 8.49. The van der Waals surface area contributed by atoms with Gasteiger partial charge in [-0.2, -0.15) is 13.2 Å². The maximum absolute atomic E-state index is 13.2. The highest BCUT2D eigenvalue weighted by Gasteiger charge is 2.44. The average Bonchev–Trinajstić information content (AvgIpc) is 2.74. The molecule has 3 aliphatic rings. The fraction of sp³-hybridized carbons (Fsp3) is 0.333. The number of alkyl halides is 3. The molecule has 1 fully saturated rings. The van der Waals surface area contributed by atoms with E-state index in [0.717, 1.165) is 37.0 Å². The van der Waals surface area contributed by atoms with E-state index in [1.54, 1.807) is 19.2 Å². The summed E-state index contributed by atoms with van der Waals surface area (Å²) in [5.41, 5.74) is 1.98. The fourth-order valence-corrected chi connectivity index (χ4v) is 4.58. The summed E-state index contributed by atoms with van der Waals surface area (Å²) in [6.45, 7) is 0.412. The molecule has 5 rings (SSSR count). The van der Waals surface area contributed by atoms with Gasteiger partial charge in [-0.3, -0.25) is 9.69 Å². The Hall–Kier alpha value is -3.49. The molecule has 2 N–H and O–H groups in total. The summed E-state index contributed by atoms with van der Waals surface area (Å²) in [4.78, 5) is 26.2. The van der Waals surface area contributed by atoms with E-state index in [1.165, 1.54) is 17.0 Å². The topological polar surface area (TPSA) is 70.7 Å². The second-order valence-electron chi connectivity index (χ2n) is 8.74. The number of carbonyl (C=O) groups is 2. The quantitative estimate of drug-likeness (QED) is 0.617. The van der Waals surface area contributed by atoms with E-state index in [9.17, 15) is 22.8 Å². The van der Waals surface area contributed by atoms with Gasteiger partial charge in [0.15, 0.2) is 0 Å². The van der Waals surface area contributed by atoms with Crippen LogP contribution in [-0.4, -0.2) is 24.6 Å². The number of urea groups is 1. The van der Waals surface area contributed by atoms with Crippen LogP contribution in [0, 0.1) is 0 Å². The van der Waals surface area contributed by atoms with Crippen molar-refractivity contribution in [3.8, 4) is 5.75 Å². The molecule has 2 aromatic carbocycles. The molecule has 172 valence electrons. The minimum absolute atomic E-state index is 0.163. The van der Waals surface area contributed by atoms with E-state index in [1.807, 2.05) is 6.07 Å². The highest BCUT2D eigenvalue weighted by Crippen LogP contribution is 2.50. The number of hydrogen-bond acceptors (Lipinski definition) is 3. The lowest BCUT2D eigenvalue weighted by Crippen LogP contribution is -2.45. The third kappa shape index (κ3) is 3.92. The van der Waals surface area contributed by atoms with Gasteiger partial charge in [0.05, 0.1) is 11.3 Å². The van der Waals surface area contributed by atoms with Crippen molar-refractivity contribution in [3.63, 3.8) is 0 Å². The van der Waals surface area contributed by atoms with Gasteiger partial charge in [0, 0.05) is 37.3 Å². The molecule has 1 spiro atoms. The molecular weight excluding hydrogens is 435 g/mol. The van der Waals surface area contributed by atoms with Crippen LogP contribution in [0.3, 0.4) is 0 Å². The van der Waals surface area contributed by atoms with Gasteiger partial charge in [-0.25, -0.2) is 4.79 Å². The number of nitrogens with zero attached hydrogens (tertiary/aromatic N) is 1. The number of rotatable bonds is 2. The second-order valence-corrected chi connectivity index (χ2v) is 8.74. The Labute approximate surface area is 188 Å². The maximum Gasteiger partial charge on any atom is 0.416 e. The van der Waals surface area contributed by atoms with Crippen LogP contribution in [0.25, 0.3) is 5.57 Å². The number of hydrogen-bond donors (Lipinski definition) is 2. The zero-order chi connectivity index (χ0) is 23.4. The maximum atomic E-state index is 13.2. The summed E-state index contributed by atoms with van der Waals surface area (Å²) in [7, 11) is 1.65. The first-order valence-corrected chi connectivity index (χ1v) is 10.7. The van der Waals surface area contributed by atoms with Crippen LogP contribution in [0.5, 0.6) is 5.75 Å². The molecule has 0 saturated heterocycles. The molecule has 33 heavy (non-hydrogen) atoms. The normalized spacial score (nSPS) is 19.8. The van der Waals surface area contributed by atoms with Gasteiger partial charge < -0.3 is 15.4 Å². The molecule has 0 atom stereocenters. The molecular formula is C24H22F3N3O3. The van der Waals surface area contributed by atoms with Crippen molar-refractivity contribution < 1.29 is 27.5 Å². The predicted molar refractivity (Wildman–Crippen MR) is 117 cm³/mol. The second kappa shape index (κ2) is 7.54. The van der Waals surface area contributed by atoms with Gasteiger partial charge in [0.2, 0.25) is 5.91 Å². The molecule has 0 radical (unpaired) electrons. The first-order valence-electron chi connectivity index (χ1n) is 10.7. The lowest BCUT2D eigenvalue weighted by Gasteiger charge is -2.46. The van der Waals surface area contributed by atoms with Crippen molar-refractivity contribution in [2.75, 3.05) is 17.3 Å². The van der Waals surface area contributed by atoms with E-state index in [0.29, 0.717) is 35.5 Å². The number of benzene rings is 2. The molecule has 0 aromatic heterocycles. The van der Waals surface area contributed by atoms with Crippen LogP contribution in [-0.2, 0) is 17.5 Å². The minimum atomic E-state index is -4.47. The van der Waals surface area contributed by atoms with Crippen molar-refractivity contribution in [1.29, 1.82) is 0 Å². The van der Waals surface area contributed by atoms with Crippen LogP contribution in [0.2, 0.25) is 0 Å². The van der Waals surface area contributed by atoms with E-state index in [4.69, 9.17) is 4.74 Å². The van der Waals surface area contributed by atoms with Crippen molar-refractivity contribution >= 4 is 28.9 Å². The summed E-state index contributed by atoms with van der Waals surface area (Å²) in [5, 5.41) is 5.56. The monoisotopic (exact) mass is 457 g/mol. The summed E-state index contributed by atoms with van der Waals surface area (Å²) in [6.07, 6.45) is -0.164. The smallest absolute Gasteiger partial charge is 0.416 e. The first-order chi connectivity index (χ1) is 15.6. The molecule has 2 heterocycles. The number of nitrogens with one attached hydrogen (secondary N) is 2. The Balaban J connectivity index is 1.43. The average molecular weight is 457 g/mol. The highest BCUT2D eigenvalue weighted by molar-refractivity contribution is 6.05. The number of carbonyl (C=O) groups excluding carboxylic acids is 2. The number of halogens is 3. The van der Waals surface area contributed by atoms with Crippen LogP contribution in [0.15, 0.2) is 42.5 Å². The number of fused-ring (bicyclic) bond motifs is 2. The number of ether oxygens (including phenoxy) is 1. The van der Waals surface area contributed by atoms with Crippen molar-refractivity contribution in [2.45, 2.75) is 44.0 Å². The molecule has 2 aliphatic heterocycles. The van der Waals surface area contributed by atoms with Crippen LogP contribution >= 0.6 is 0 Å². The molecule has 2 aromatic rings. The van der Waals surface area contributed by atoms with E-state index in [2.05, 4.69) is 10.6 Å². The van der Waals surface area contributed by atoms with Crippen molar-refractivity contribution in [3.05, 3.63) is 59.2 Å². The lowest BCUT2D eigenvalue weighted by molar-refractivity contribution is -0.138. The van der Waals surface area contributed by atoms with Crippen LogP contribution in [0.1, 0.15) is 42.4 Å². The van der Waals surface area contributed by atoms with Gasteiger partial charge >= 0.3 is 12.2 Å². The van der Waals surface area contributed by atoms with E-state index >= 15 is 0 Å². The zero-order valence-corrected chi connectivity index (χ0v) is 17.9. The van der Waals surface area contributed by atoms with Gasteiger partial charge in [0.25, 0.3) is 0 Å². The van der Waals surface area contributed by atoms with Crippen LogP contribution in [0.4, 0.5) is 29.3 Å². The van der Waals surface area contributed by atoms with Crippen molar-refractivity contribution in [1.82, 2.24) is 5.32 Å². The predicted octanol–water partition coefficient (Wildman–Crippen LogP) is 5.09. The highest BCUT2D eigenvalue weighted by atomic mass is 19.4. The van der Waals surface area contributed by atoms with E-state index < -0.39 is 23.2 Å². The SMILES string of the molecule is CN1C(=O)NCc2ccc(NC(=O)C=C3CC4(CCC4)Oc4cc(C(F)(F)F)ccc43)cc21. The Kier molecular flexibility index (Phi) is 4.88. The third-order valence-electron chi connectivity index (χ3n) is 6.51. The molecule has 6 nitrogen and oxygen atoms in total. The molecule has 0 unspecified atom stereocenters. The van der Waals surface area contributed by atoms with Gasteiger partial charge in [-0.15, -0.1) is 0 Å². The number of amides is 3. The lowest BCUT2D eigenvalue weighted by atomic mass is 9.72. The summed E-state index contributed by atoms with van der Waals surface area (Å²) < 4.78 is 45.6. The van der Waals surface area contributed by atoms with E-state index in [-0.39, 0.29) is 11.8 Å². The van der Waals surface area contributed by atoms with Gasteiger partial charge in [-0.1, -0.05) is 12.1 Å². The van der Waals surface area contributed by atoms with Crippen LogP contribution < -0.4 is 20.3 Å². The Bertz CT molecular complexity index is 1190. The molecule has 0 bridgehead atoms. The van der Waals surface area contributed by atoms with Gasteiger partial charge in [0.1, 0.15) is 11.4 Å². The Morgan fingerprint density at radius 3 is 2.70 bits per heavy atom. The fourth-order valence-electron chi connectivity index (χ4n) is 4.58. The number of anilines is 2. The van der Waals surface area contributed by atoms with Crippen molar-refractivity contribution in [2.24, 2.45) is 0 Å². The molecule has 9 heteroatoms. The third-order valence-corrected chi connectivity index (χ3v) is 6.51. The molecule has 1 saturated carbocycles. The zero-order valence-electron chi connectivity index (χ0n) is 17.9. The Morgan fingerprint density at radius 1 is 1.21 bits per heavy atom.